The maximum atomic E-state index is 12.7. The SMILES string of the molecule is O=C(C1CCCCC1)N1CCC(CN2C[C@H](O)[C@@H](O)[C@H](O)[C@H]2CO)CC1. The maximum Gasteiger partial charge on any atom is 0.225 e. The lowest BCUT2D eigenvalue weighted by molar-refractivity contribution is -0.149. The molecule has 0 aromatic carbocycles. The zero-order valence-electron chi connectivity index (χ0n) is 15.5. The van der Waals surface area contributed by atoms with Gasteiger partial charge in [-0.3, -0.25) is 9.69 Å². The lowest BCUT2D eigenvalue weighted by atomic mass is 9.86. The summed E-state index contributed by atoms with van der Waals surface area (Å²) < 4.78 is 0. The van der Waals surface area contributed by atoms with Gasteiger partial charge in [-0.2, -0.15) is 0 Å². The summed E-state index contributed by atoms with van der Waals surface area (Å²) in [6.45, 7) is 2.21. The standard InChI is InChI=1S/C19H34N2O5/c22-12-15-17(24)18(25)16(23)11-21(15)10-13-6-8-20(9-7-13)19(26)14-4-2-1-3-5-14/h13-18,22-25H,1-12H2/t15-,16+,17-,18-/m1/s1. The van der Waals surface area contributed by atoms with Crippen LogP contribution in [-0.2, 0) is 4.79 Å². The smallest absolute Gasteiger partial charge is 0.225 e. The molecule has 4 N–H and O–H groups in total. The Bertz CT molecular complexity index is 463. The fraction of sp³-hybridized carbons (Fsp3) is 0.947. The van der Waals surface area contributed by atoms with Gasteiger partial charge in [0.25, 0.3) is 0 Å². The van der Waals surface area contributed by atoms with Crippen LogP contribution in [0.15, 0.2) is 0 Å². The van der Waals surface area contributed by atoms with Gasteiger partial charge >= 0.3 is 0 Å². The Morgan fingerprint density at radius 2 is 1.58 bits per heavy atom. The molecule has 0 aromatic heterocycles. The van der Waals surface area contributed by atoms with Gasteiger partial charge in [0.2, 0.25) is 5.91 Å². The van der Waals surface area contributed by atoms with E-state index in [1.165, 1.54) is 19.3 Å². The number of piperidine rings is 2. The van der Waals surface area contributed by atoms with E-state index in [1.807, 2.05) is 9.80 Å². The molecule has 3 rings (SSSR count). The second-order valence-corrected chi connectivity index (χ2v) is 8.36. The van der Waals surface area contributed by atoms with Gasteiger partial charge in [0.05, 0.1) is 18.8 Å². The van der Waals surface area contributed by atoms with Gasteiger partial charge in [-0.1, -0.05) is 19.3 Å². The Balaban J connectivity index is 1.49. The Morgan fingerprint density at radius 3 is 2.19 bits per heavy atom. The molecule has 0 radical (unpaired) electrons. The van der Waals surface area contributed by atoms with E-state index in [1.54, 1.807) is 0 Å². The lowest BCUT2D eigenvalue weighted by Crippen LogP contribution is -2.63. The summed E-state index contributed by atoms with van der Waals surface area (Å²) in [5.41, 5.74) is 0. The molecule has 2 aliphatic heterocycles. The number of nitrogens with zero attached hydrogens (tertiary/aromatic N) is 2. The minimum Gasteiger partial charge on any atom is -0.395 e. The van der Waals surface area contributed by atoms with Crippen molar-refractivity contribution in [2.24, 2.45) is 11.8 Å². The molecule has 1 amide bonds. The molecule has 7 nitrogen and oxygen atoms in total. The fourth-order valence-electron chi connectivity index (χ4n) is 4.86. The quantitative estimate of drug-likeness (QED) is 0.535. The summed E-state index contributed by atoms with van der Waals surface area (Å²) in [7, 11) is 0. The molecule has 0 aromatic rings. The molecule has 0 unspecified atom stereocenters. The van der Waals surface area contributed by atoms with Crippen molar-refractivity contribution < 1.29 is 25.2 Å². The average molecular weight is 370 g/mol. The van der Waals surface area contributed by atoms with Gasteiger partial charge in [0.1, 0.15) is 12.2 Å². The van der Waals surface area contributed by atoms with Gasteiger partial charge in [-0.25, -0.2) is 0 Å². The van der Waals surface area contributed by atoms with Gasteiger partial charge < -0.3 is 25.3 Å². The first kappa shape index (κ1) is 20.0. The predicted octanol–water partition coefficient (Wildman–Crippen LogP) is -0.435. The maximum absolute atomic E-state index is 12.7. The van der Waals surface area contributed by atoms with Gasteiger partial charge in [0, 0.05) is 32.1 Å². The highest BCUT2D eigenvalue weighted by Crippen LogP contribution is 2.29. The minimum absolute atomic E-state index is 0.216. The first-order valence-corrected chi connectivity index (χ1v) is 10.2. The van der Waals surface area contributed by atoms with Crippen LogP contribution in [0.4, 0.5) is 0 Å². The molecule has 2 saturated heterocycles. The predicted molar refractivity (Wildman–Crippen MR) is 96.3 cm³/mol. The lowest BCUT2D eigenvalue weighted by Gasteiger charge is -2.45. The van der Waals surface area contributed by atoms with E-state index in [-0.39, 0.29) is 19.1 Å². The molecule has 2 heterocycles. The summed E-state index contributed by atoms with van der Waals surface area (Å²) in [4.78, 5) is 16.6. The number of carbonyl (C=O) groups excluding carboxylic acids is 1. The van der Waals surface area contributed by atoms with Crippen molar-refractivity contribution in [2.45, 2.75) is 69.3 Å². The Hall–Kier alpha value is -0.730. The number of hydrogen-bond acceptors (Lipinski definition) is 6. The van der Waals surface area contributed by atoms with Crippen LogP contribution in [0.3, 0.4) is 0 Å². The molecule has 1 aliphatic carbocycles. The summed E-state index contributed by atoms with van der Waals surface area (Å²) >= 11 is 0. The van der Waals surface area contributed by atoms with Crippen LogP contribution >= 0.6 is 0 Å². The number of hydrogen-bond donors (Lipinski definition) is 4. The number of carbonyl (C=O) groups is 1. The molecule has 0 bridgehead atoms. The van der Waals surface area contributed by atoms with Crippen LogP contribution in [0, 0.1) is 11.8 Å². The van der Waals surface area contributed by atoms with Crippen LogP contribution in [0.1, 0.15) is 44.9 Å². The van der Waals surface area contributed by atoms with Crippen LogP contribution in [0.2, 0.25) is 0 Å². The van der Waals surface area contributed by atoms with Crippen molar-refractivity contribution in [3.63, 3.8) is 0 Å². The summed E-state index contributed by atoms with van der Waals surface area (Å²) in [6, 6.07) is -0.546. The van der Waals surface area contributed by atoms with E-state index in [2.05, 4.69) is 0 Å². The number of aliphatic hydroxyl groups is 4. The van der Waals surface area contributed by atoms with E-state index in [9.17, 15) is 25.2 Å². The van der Waals surface area contributed by atoms with Crippen molar-refractivity contribution in [3.05, 3.63) is 0 Å². The number of likely N-dealkylation sites (tertiary alicyclic amines) is 2. The van der Waals surface area contributed by atoms with E-state index in [4.69, 9.17) is 0 Å². The highest BCUT2D eigenvalue weighted by molar-refractivity contribution is 5.79. The highest BCUT2D eigenvalue weighted by atomic mass is 16.4. The van der Waals surface area contributed by atoms with Crippen LogP contribution < -0.4 is 0 Å². The van der Waals surface area contributed by atoms with Crippen molar-refractivity contribution in [1.82, 2.24) is 9.80 Å². The van der Waals surface area contributed by atoms with Crippen molar-refractivity contribution in [2.75, 3.05) is 32.8 Å². The molecule has 3 aliphatic rings. The minimum atomic E-state index is -1.21. The molecule has 7 heteroatoms. The Labute approximate surface area is 155 Å². The highest BCUT2D eigenvalue weighted by Gasteiger charge is 2.42. The summed E-state index contributed by atoms with van der Waals surface area (Å²) in [5.74, 6) is 0.908. The number of β-amino-alcohol motifs (C(OH)–C–C–N with tert-alkyl or cyclic N) is 1. The summed E-state index contributed by atoms with van der Waals surface area (Å²) in [5, 5.41) is 39.4. The van der Waals surface area contributed by atoms with Crippen molar-refractivity contribution in [1.29, 1.82) is 0 Å². The number of amides is 1. The first-order valence-electron chi connectivity index (χ1n) is 10.2. The van der Waals surface area contributed by atoms with Crippen LogP contribution in [-0.4, -0.2) is 93.3 Å². The van der Waals surface area contributed by atoms with Gasteiger partial charge in [-0.15, -0.1) is 0 Å². The molecular weight excluding hydrogens is 336 g/mol. The van der Waals surface area contributed by atoms with Crippen molar-refractivity contribution in [3.8, 4) is 0 Å². The first-order chi connectivity index (χ1) is 12.5. The largest absolute Gasteiger partial charge is 0.395 e. The second-order valence-electron chi connectivity index (χ2n) is 8.36. The summed E-state index contributed by atoms with van der Waals surface area (Å²) in [6.07, 6.45) is 4.10. The Kier molecular flexibility index (Phi) is 6.91. The van der Waals surface area contributed by atoms with Crippen LogP contribution in [0.25, 0.3) is 0 Å². The molecule has 150 valence electrons. The fourth-order valence-corrected chi connectivity index (χ4v) is 4.86. The third-order valence-electron chi connectivity index (χ3n) is 6.59. The van der Waals surface area contributed by atoms with Crippen molar-refractivity contribution >= 4 is 5.91 Å². The monoisotopic (exact) mass is 370 g/mol. The molecule has 1 saturated carbocycles. The molecule has 3 fully saturated rings. The molecule has 4 atom stereocenters. The average Bonchev–Trinajstić information content (AvgIpc) is 2.67. The zero-order chi connectivity index (χ0) is 18.7. The van der Waals surface area contributed by atoms with Gasteiger partial charge in [-0.05, 0) is 31.6 Å². The second kappa shape index (κ2) is 8.97. The van der Waals surface area contributed by atoms with E-state index >= 15 is 0 Å². The van der Waals surface area contributed by atoms with Crippen LogP contribution in [0.5, 0.6) is 0 Å². The Morgan fingerprint density at radius 1 is 0.923 bits per heavy atom. The zero-order valence-corrected chi connectivity index (χ0v) is 15.5. The van der Waals surface area contributed by atoms with E-state index in [0.29, 0.717) is 18.4 Å². The normalized spacial score (nSPS) is 35.6. The number of aliphatic hydroxyl groups excluding tert-OH is 4. The molecule has 0 spiro atoms. The van der Waals surface area contributed by atoms with E-state index < -0.39 is 24.4 Å². The molecular formula is C19H34N2O5. The number of rotatable bonds is 4. The van der Waals surface area contributed by atoms with E-state index in [0.717, 1.165) is 38.8 Å². The third-order valence-corrected chi connectivity index (χ3v) is 6.59. The molecule has 26 heavy (non-hydrogen) atoms. The third kappa shape index (κ3) is 4.39. The topological polar surface area (TPSA) is 104 Å². The van der Waals surface area contributed by atoms with Gasteiger partial charge in [0.15, 0.2) is 0 Å².